The molecule has 1 saturated heterocycles. The van der Waals surface area contributed by atoms with Crippen molar-refractivity contribution in [2.24, 2.45) is 0 Å². The van der Waals surface area contributed by atoms with Gasteiger partial charge in [-0.3, -0.25) is 15.5 Å². The molecule has 0 radical (unpaired) electrons. The van der Waals surface area contributed by atoms with E-state index in [0.29, 0.717) is 0 Å². The first-order chi connectivity index (χ1) is 25.2. The zero-order valence-electron chi connectivity index (χ0n) is 28.3. The van der Waals surface area contributed by atoms with Crippen molar-refractivity contribution < 1.29 is 0 Å². The summed E-state index contributed by atoms with van der Waals surface area (Å²) in [6.45, 7) is 0. The Bertz CT molecular complexity index is 2660. The van der Waals surface area contributed by atoms with Crippen LogP contribution in [0.4, 0.5) is 0 Å². The summed E-state index contributed by atoms with van der Waals surface area (Å²) < 4.78 is 4.83. The van der Waals surface area contributed by atoms with Crippen molar-refractivity contribution in [2.45, 2.75) is 18.5 Å². The summed E-state index contributed by atoms with van der Waals surface area (Å²) in [4.78, 5) is 2.39. The fraction of sp³-hybridized carbons (Fsp3) is 0.0870. The Morgan fingerprint density at radius 1 is 0.373 bits per heavy atom. The van der Waals surface area contributed by atoms with Gasteiger partial charge in [0.15, 0.2) is 0 Å². The lowest BCUT2D eigenvalue weighted by atomic mass is 10.0. The van der Waals surface area contributed by atoms with Crippen LogP contribution in [0.3, 0.4) is 0 Å². The number of hydrogen-bond donors (Lipinski definition) is 2. The van der Waals surface area contributed by atoms with Gasteiger partial charge in [-0.25, -0.2) is 0 Å². The van der Waals surface area contributed by atoms with Crippen molar-refractivity contribution in [3.63, 3.8) is 0 Å². The van der Waals surface area contributed by atoms with Gasteiger partial charge in [0.05, 0.1) is 40.6 Å². The minimum Gasteiger partial charge on any atom is -0.309 e. The van der Waals surface area contributed by atoms with Gasteiger partial charge in [-0.15, -0.1) is 0 Å². The molecule has 51 heavy (non-hydrogen) atoms. The molecule has 0 saturated carbocycles. The topological polar surface area (TPSA) is 37.2 Å². The van der Waals surface area contributed by atoms with E-state index in [1.54, 1.807) is 0 Å². The fourth-order valence-corrected chi connectivity index (χ4v) is 8.25. The highest BCUT2D eigenvalue weighted by atomic mass is 15.4. The maximum absolute atomic E-state index is 3.91. The lowest BCUT2D eigenvalue weighted by Gasteiger charge is -2.45. The largest absolute Gasteiger partial charge is 0.309 e. The van der Waals surface area contributed by atoms with Crippen molar-refractivity contribution in [3.05, 3.63) is 193 Å². The summed E-state index contributed by atoms with van der Waals surface area (Å²) in [7, 11) is 2.20. The Hall–Kier alpha value is -5.98. The van der Waals surface area contributed by atoms with Crippen molar-refractivity contribution in [1.82, 2.24) is 24.7 Å². The quantitative estimate of drug-likeness (QED) is 0.193. The minimum absolute atomic E-state index is 0.00457. The van der Waals surface area contributed by atoms with Crippen LogP contribution in [-0.2, 0) is 0 Å². The molecule has 0 bridgehead atoms. The van der Waals surface area contributed by atoms with Crippen LogP contribution in [0, 0.1) is 0 Å². The third-order valence-electron chi connectivity index (χ3n) is 10.7. The Morgan fingerprint density at radius 2 is 0.804 bits per heavy atom. The van der Waals surface area contributed by atoms with Crippen LogP contribution < -0.4 is 10.6 Å². The molecule has 0 spiro atoms. The van der Waals surface area contributed by atoms with Gasteiger partial charge in [0.1, 0.15) is 0 Å². The van der Waals surface area contributed by atoms with Crippen LogP contribution in [0.1, 0.15) is 35.2 Å². The number of para-hydroxylation sites is 3. The first-order valence-corrected chi connectivity index (χ1v) is 17.7. The van der Waals surface area contributed by atoms with E-state index < -0.39 is 0 Å². The maximum atomic E-state index is 3.91. The molecule has 0 amide bonds. The number of aromatic nitrogens is 2. The molecule has 0 aliphatic carbocycles. The number of benzene rings is 7. The van der Waals surface area contributed by atoms with Crippen LogP contribution >= 0.6 is 0 Å². The first-order valence-electron chi connectivity index (χ1n) is 17.7. The summed E-state index contributed by atoms with van der Waals surface area (Å²) in [6, 6.07) is 63.6. The normalized spacial score (nSPS) is 18.3. The van der Waals surface area contributed by atoms with Crippen molar-refractivity contribution in [2.75, 3.05) is 7.05 Å². The smallest absolute Gasteiger partial charge is 0.0887 e. The molecule has 2 aromatic heterocycles. The summed E-state index contributed by atoms with van der Waals surface area (Å²) in [6.07, 6.45) is 0.0295. The third-order valence-corrected chi connectivity index (χ3v) is 10.7. The monoisotopic (exact) mass is 659 g/mol. The molecule has 1 aliphatic rings. The first kappa shape index (κ1) is 29.9. The van der Waals surface area contributed by atoms with E-state index in [-0.39, 0.29) is 18.5 Å². The lowest BCUT2D eigenvalue weighted by Crippen LogP contribution is -2.54. The molecule has 1 aliphatic heterocycles. The van der Waals surface area contributed by atoms with Gasteiger partial charge in [0.25, 0.3) is 0 Å². The Morgan fingerprint density at radius 3 is 1.35 bits per heavy atom. The standard InChI is InChI=1S/C46H37N5/c1-49-45(32-17-7-3-8-18-32)47-44(31-15-5-2-6-16-31)48-46(49)33-25-27-35(28-26-33)51-41-24-14-12-22-37(41)39-29-38-36-21-11-13-23-40(36)50(42(38)30-43(39)51)34-19-9-4-10-20-34/h2-30,44-48H,1H3. The molecule has 1 fully saturated rings. The molecule has 3 heterocycles. The van der Waals surface area contributed by atoms with Gasteiger partial charge in [-0.1, -0.05) is 127 Å². The van der Waals surface area contributed by atoms with E-state index in [0.717, 1.165) is 11.4 Å². The molecule has 3 unspecified atom stereocenters. The van der Waals surface area contributed by atoms with E-state index >= 15 is 0 Å². The van der Waals surface area contributed by atoms with Gasteiger partial charge in [0.2, 0.25) is 0 Å². The van der Waals surface area contributed by atoms with Crippen LogP contribution in [0.5, 0.6) is 0 Å². The van der Waals surface area contributed by atoms with Gasteiger partial charge >= 0.3 is 0 Å². The van der Waals surface area contributed by atoms with Crippen LogP contribution in [0.25, 0.3) is 55.0 Å². The zero-order valence-corrected chi connectivity index (χ0v) is 28.3. The van der Waals surface area contributed by atoms with E-state index in [1.807, 2.05) is 0 Å². The van der Waals surface area contributed by atoms with Gasteiger partial charge in [0, 0.05) is 32.9 Å². The van der Waals surface area contributed by atoms with Gasteiger partial charge < -0.3 is 9.13 Å². The molecule has 5 heteroatoms. The summed E-state index contributed by atoms with van der Waals surface area (Å²) >= 11 is 0. The predicted molar refractivity (Wildman–Crippen MR) is 210 cm³/mol. The number of fused-ring (bicyclic) bond motifs is 6. The average Bonchev–Trinajstić information content (AvgIpc) is 3.70. The second-order valence-electron chi connectivity index (χ2n) is 13.6. The van der Waals surface area contributed by atoms with Gasteiger partial charge in [-0.05, 0) is 72.3 Å². The number of rotatable bonds is 5. The second-order valence-corrected chi connectivity index (χ2v) is 13.6. The predicted octanol–water partition coefficient (Wildman–Crippen LogP) is 10.4. The number of nitrogens with zero attached hydrogens (tertiary/aromatic N) is 3. The highest BCUT2D eigenvalue weighted by Gasteiger charge is 2.34. The second kappa shape index (κ2) is 12.1. The third kappa shape index (κ3) is 4.89. The zero-order chi connectivity index (χ0) is 33.9. The molecule has 246 valence electrons. The number of hydrogen-bond acceptors (Lipinski definition) is 3. The summed E-state index contributed by atoms with van der Waals surface area (Å²) in [5.41, 5.74) is 10.8. The van der Waals surface area contributed by atoms with Crippen molar-refractivity contribution in [1.29, 1.82) is 0 Å². The van der Waals surface area contributed by atoms with E-state index in [4.69, 9.17) is 0 Å². The van der Waals surface area contributed by atoms with Crippen LogP contribution in [0.15, 0.2) is 176 Å². The minimum atomic E-state index is -0.00611. The molecule has 3 atom stereocenters. The van der Waals surface area contributed by atoms with Crippen molar-refractivity contribution >= 4 is 43.6 Å². The molecule has 10 rings (SSSR count). The van der Waals surface area contributed by atoms with E-state index in [1.165, 1.54) is 60.3 Å². The Balaban J connectivity index is 1.12. The molecule has 2 N–H and O–H groups in total. The van der Waals surface area contributed by atoms with Crippen LogP contribution in [0.2, 0.25) is 0 Å². The Kier molecular flexibility index (Phi) is 7.10. The summed E-state index contributed by atoms with van der Waals surface area (Å²) in [5, 5.41) is 12.8. The molecule has 9 aromatic rings. The molecular weight excluding hydrogens is 623 g/mol. The molecule has 5 nitrogen and oxygen atoms in total. The van der Waals surface area contributed by atoms with Crippen LogP contribution in [-0.4, -0.2) is 21.1 Å². The molecular formula is C46H37N5. The Labute approximate surface area is 297 Å². The lowest BCUT2D eigenvalue weighted by molar-refractivity contribution is 0.0416. The average molecular weight is 660 g/mol. The highest BCUT2D eigenvalue weighted by Crippen LogP contribution is 2.40. The summed E-state index contributed by atoms with van der Waals surface area (Å²) in [5.74, 6) is 0. The van der Waals surface area contributed by atoms with E-state index in [9.17, 15) is 0 Å². The van der Waals surface area contributed by atoms with E-state index in [2.05, 4.69) is 208 Å². The highest BCUT2D eigenvalue weighted by molar-refractivity contribution is 6.19. The van der Waals surface area contributed by atoms with Crippen molar-refractivity contribution in [3.8, 4) is 11.4 Å². The molecule has 7 aromatic carbocycles. The number of nitrogens with one attached hydrogen (secondary N) is 2. The fourth-order valence-electron chi connectivity index (χ4n) is 8.25. The SMILES string of the molecule is CN1C(c2ccccc2)NC(c2ccccc2)NC1c1ccc(-n2c3ccccc3c3cc4c5ccccc5n(-c5ccccc5)c4cc32)cc1. The van der Waals surface area contributed by atoms with Gasteiger partial charge in [-0.2, -0.15) is 0 Å². The maximum Gasteiger partial charge on any atom is 0.0887 e.